The van der Waals surface area contributed by atoms with E-state index < -0.39 is 18.4 Å². The molecule has 0 aliphatic heterocycles. The Kier molecular flexibility index (Phi) is 21.0. The number of aliphatic carboxylic acids is 2. The first-order valence-corrected chi connectivity index (χ1v) is 11.3. The van der Waals surface area contributed by atoms with E-state index >= 15 is 0 Å². The SMILES string of the molecule is CCCCCCC([CH2][Na])C(CC)CCCCC.O=C(O)CC(=O)O. The topological polar surface area (TPSA) is 74.6 Å². The Morgan fingerprint density at radius 3 is 1.62 bits per heavy atom. The molecule has 24 heavy (non-hydrogen) atoms. The van der Waals surface area contributed by atoms with Gasteiger partial charge in [-0.2, -0.15) is 0 Å². The van der Waals surface area contributed by atoms with E-state index in [1.165, 1.54) is 95.8 Å². The minimum absolute atomic E-state index is 0.806. The van der Waals surface area contributed by atoms with Crippen molar-refractivity contribution in [2.75, 3.05) is 0 Å². The molecule has 0 aromatic rings. The number of hydrogen-bond acceptors (Lipinski definition) is 2. The fraction of sp³-hybridized carbons (Fsp3) is 0.895. The van der Waals surface area contributed by atoms with Crippen molar-refractivity contribution in [1.82, 2.24) is 0 Å². The van der Waals surface area contributed by atoms with Crippen molar-refractivity contribution >= 4 is 39.9 Å². The zero-order valence-corrected chi connectivity index (χ0v) is 18.4. The maximum Gasteiger partial charge on any atom is 0.314 e. The van der Waals surface area contributed by atoms with Crippen molar-refractivity contribution < 1.29 is 19.8 Å². The molecule has 0 saturated carbocycles. The molecular formula is C19H37NaO4. The Morgan fingerprint density at radius 1 is 0.792 bits per heavy atom. The third kappa shape index (κ3) is 18.3. The average Bonchev–Trinajstić information content (AvgIpc) is 2.52. The van der Waals surface area contributed by atoms with E-state index in [4.69, 9.17) is 10.2 Å². The van der Waals surface area contributed by atoms with Gasteiger partial charge in [0.1, 0.15) is 6.42 Å². The van der Waals surface area contributed by atoms with Gasteiger partial charge in [0.25, 0.3) is 0 Å². The van der Waals surface area contributed by atoms with Gasteiger partial charge in [0.2, 0.25) is 0 Å². The second-order valence-corrected chi connectivity index (χ2v) is 7.46. The fourth-order valence-electron chi connectivity index (χ4n) is 3.17. The molecule has 0 aliphatic carbocycles. The molecule has 2 unspecified atom stereocenters. The van der Waals surface area contributed by atoms with Gasteiger partial charge in [-0.25, -0.2) is 0 Å². The maximum absolute atomic E-state index is 9.43. The summed E-state index contributed by atoms with van der Waals surface area (Å²) >= 11 is 1.40. The van der Waals surface area contributed by atoms with E-state index in [-0.39, 0.29) is 0 Å². The maximum atomic E-state index is 9.43. The Morgan fingerprint density at radius 2 is 1.25 bits per heavy atom. The van der Waals surface area contributed by atoms with Crippen molar-refractivity contribution in [2.24, 2.45) is 11.8 Å². The predicted molar refractivity (Wildman–Crippen MR) is 101 cm³/mol. The summed E-state index contributed by atoms with van der Waals surface area (Å²) in [5.41, 5.74) is 0. The summed E-state index contributed by atoms with van der Waals surface area (Å²) in [5, 5.41) is 15.4. The molecule has 0 aromatic carbocycles. The van der Waals surface area contributed by atoms with E-state index in [2.05, 4.69) is 20.8 Å². The van der Waals surface area contributed by atoms with Gasteiger partial charge < -0.3 is 10.2 Å². The Balaban J connectivity index is 0. The number of rotatable bonds is 14. The summed E-state index contributed by atoms with van der Waals surface area (Å²) in [7, 11) is 0. The Hall–Kier alpha value is -0.0600. The molecule has 2 atom stereocenters. The van der Waals surface area contributed by atoms with Crippen molar-refractivity contribution in [2.45, 2.75) is 95.1 Å². The van der Waals surface area contributed by atoms with Crippen LogP contribution in [0.5, 0.6) is 0 Å². The summed E-state index contributed by atoms with van der Waals surface area (Å²) in [4.78, 5) is 18.9. The molecule has 0 fully saturated rings. The first kappa shape index (κ1) is 26.2. The van der Waals surface area contributed by atoms with Crippen LogP contribution >= 0.6 is 0 Å². The molecule has 0 bridgehead atoms. The smallest absolute Gasteiger partial charge is 0.314 e. The summed E-state index contributed by atoms with van der Waals surface area (Å²) < 4.78 is 1.54. The fourth-order valence-corrected chi connectivity index (χ4v) is 4.24. The Bertz CT molecular complexity index is 296. The van der Waals surface area contributed by atoms with Gasteiger partial charge in [0, 0.05) is 0 Å². The Labute approximate surface area is 166 Å². The van der Waals surface area contributed by atoms with Gasteiger partial charge in [-0.05, 0) is 0 Å². The van der Waals surface area contributed by atoms with E-state index in [1.807, 2.05) is 0 Å². The van der Waals surface area contributed by atoms with Crippen LogP contribution in [0.4, 0.5) is 0 Å². The van der Waals surface area contributed by atoms with Crippen molar-refractivity contribution in [3.8, 4) is 0 Å². The quantitative estimate of drug-likeness (QED) is 0.252. The number of carboxylic acids is 2. The monoisotopic (exact) mass is 352 g/mol. The van der Waals surface area contributed by atoms with Gasteiger partial charge in [0.05, 0.1) is 0 Å². The van der Waals surface area contributed by atoms with E-state index in [0.717, 1.165) is 11.8 Å². The summed E-state index contributed by atoms with van der Waals surface area (Å²) in [6.45, 7) is 7.03. The molecule has 0 radical (unpaired) electrons. The predicted octanol–water partition coefficient (Wildman–Crippen LogP) is 5.31. The van der Waals surface area contributed by atoms with Crippen LogP contribution in [0.1, 0.15) is 91.4 Å². The van der Waals surface area contributed by atoms with Crippen LogP contribution in [-0.4, -0.2) is 50.1 Å². The average molecular weight is 352 g/mol. The summed E-state index contributed by atoms with van der Waals surface area (Å²) in [6, 6.07) is 0. The van der Waals surface area contributed by atoms with Gasteiger partial charge in [-0.15, -0.1) is 0 Å². The van der Waals surface area contributed by atoms with Crippen molar-refractivity contribution in [1.29, 1.82) is 0 Å². The van der Waals surface area contributed by atoms with Crippen LogP contribution < -0.4 is 0 Å². The van der Waals surface area contributed by atoms with Crippen molar-refractivity contribution in [3.05, 3.63) is 0 Å². The largest absolute Gasteiger partial charge is 0.481 e. The second-order valence-electron chi connectivity index (χ2n) is 6.65. The molecule has 138 valence electrons. The van der Waals surface area contributed by atoms with E-state index in [1.54, 1.807) is 0 Å². The standard InChI is InChI=1S/C16H33.C3H4O4.Na/c1-5-8-10-12-13-15(4)16(7-3)14-11-9-6-2;4-2(5)1-3(6)7;/h15-16H,4-14H2,1-3H3;1H2,(H,4,5)(H,6,7);. The molecular weight excluding hydrogens is 315 g/mol. The van der Waals surface area contributed by atoms with Gasteiger partial charge >= 0.3 is 140 Å². The van der Waals surface area contributed by atoms with Gasteiger partial charge in [0.15, 0.2) is 0 Å². The van der Waals surface area contributed by atoms with Crippen LogP contribution in [-0.2, 0) is 9.59 Å². The summed E-state index contributed by atoms with van der Waals surface area (Å²) in [5.74, 6) is -0.513. The molecule has 0 rings (SSSR count). The molecule has 4 nitrogen and oxygen atoms in total. The number of unbranched alkanes of at least 4 members (excludes halogenated alkanes) is 5. The third-order valence-corrected chi connectivity index (χ3v) is 5.67. The molecule has 0 amide bonds. The molecule has 0 saturated heterocycles. The molecule has 5 heteroatoms. The molecule has 0 heterocycles. The normalized spacial score (nSPS) is 12.9. The minimum atomic E-state index is -1.31. The molecule has 2 N–H and O–H groups in total. The molecule has 0 aromatic heterocycles. The summed E-state index contributed by atoms with van der Waals surface area (Å²) in [6.07, 6.45) is 13.7. The van der Waals surface area contributed by atoms with Crippen LogP contribution in [0.3, 0.4) is 0 Å². The van der Waals surface area contributed by atoms with Crippen LogP contribution in [0.25, 0.3) is 0 Å². The van der Waals surface area contributed by atoms with Crippen LogP contribution in [0.2, 0.25) is 3.67 Å². The molecule has 0 spiro atoms. The number of carboxylic acid groups (broad SMARTS) is 2. The van der Waals surface area contributed by atoms with Gasteiger partial charge in [-0.3, -0.25) is 9.59 Å². The zero-order valence-electron chi connectivity index (χ0n) is 16.4. The van der Waals surface area contributed by atoms with E-state index in [0.29, 0.717) is 0 Å². The first-order chi connectivity index (χ1) is 11.4. The third-order valence-electron chi connectivity index (χ3n) is 4.62. The van der Waals surface area contributed by atoms with Crippen LogP contribution in [0.15, 0.2) is 0 Å². The van der Waals surface area contributed by atoms with Crippen LogP contribution in [0, 0.1) is 11.8 Å². The minimum Gasteiger partial charge on any atom is -0.481 e. The molecule has 0 aliphatic rings. The van der Waals surface area contributed by atoms with Gasteiger partial charge in [-0.1, -0.05) is 0 Å². The second kappa shape index (κ2) is 19.3. The number of hydrogen-bond donors (Lipinski definition) is 2. The zero-order chi connectivity index (χ0) is 18.8. The number of carbonyl (C=O) groups is 2. The van der Waals surface area contributed by atoms with E-state index in [9.17, 15) is 9.59 Å². The first-order valence-electron chi connectivity index (χ1n) is 9.86. The van der Waals surface area contributed by atoms with Crippen molar-refractivity contribution in [3.63, 3.8) is 0 Å².